The topological polar surface area (TPSA) is 60.8 Å². The highest BCUT2D eigenvalue weighted by molar-refractivity contribution is 6.32. The van der Waals surface area contributed by atoms with Gasteiger partial charge < -0.3 is 9.57 Å². The number of hydrogen-bond donors (Lipinski definition) is 0. The molecule has 0 aliphatic carbocycles. The third-order valence-electron chi connectivity index (χ3n) is 3.15. The molecule has 124 valence electrons. The van der Waals surface area contributed by atoms with Crippen LogP contribution in [0.25, 0.3) is 0 Å². The van der Waals surface area contributed by atoms with Crippen LogP contribution in [-0.2, 0) is 4.84 Å². The van der Waals surface area contributed by atoms with Gasteiger partial charge in [-0.05, 0) is 42.0 Å². The van der Waals surface area contributed by atoms with Gasteiger partial charge in [-0.1, -0.05) is 47.1 Å². The van der Waals surface area contributed by atoms with Crippen molar-refractivity contribution in [3.8, 4) is 11.5 Å². The minimum absolute atomic E-state index is 0.0703. The molecule has 1 aromatic heterocycles. The van der Waals surface area contributed by atoms with Crippen molar-refractivity contribution in [1.29, 1.82) is 0 Å². The van der Waals surface area contributed by atoms with Crippen LogP contribution in [0, 0.1) is 0 Å². The number of aromatic nitrogens is 1. The van der Waals surface area contributed by atoms with E-state index in [1.807, 2.05) is 48.5 Å². The van der Waals surface area contributed by atoms with Gasteiger partial charge in [-0.2, -0.15) is 0 Å². The van der Waals surface area contributed by atoms with Gasteiger partial charge in [-0.25, -0.2) is 9.78 Å². The molecule has 0 amide bonds. The molecule has 25 heavy (non-hydrogen) atoms. The molecule has 5 nitrogen and oxygen atoms in total. The van der Waals surface area contributed by atoms with E-state index in [1.165, 1.54) is 18.5 Å². The monoisotopic (exact) mass is 352 g/mol. The molecule has 1 heterocycles. The number of nitrogens with zero attached hydrogens (tertiary/aromatic N) is 2. The van der Waals surface area contributed by atoms with Gasteiger partial charge in [0.15, 0.2) is 0 Å². The summed E-state index contributed by atoms with van der Waals surface area (Å²) in [6, 6.07) is 19.8. The molecule has 0 aliphatic rings. The molecule has 0 spiro atoms. The molecule has 0 aliphatic heterocycles. The first kappa shape index (κ1) is 16.7. The Morgan fingerprint density at radius 3 is 2.60 bits per heavy atom. The highest BCUT2D eigenvalue weighted by Crippen LogP contribution is 2.21. The second kappa shape index (κ2) is 8.08. The quantitative estimate of drug-likeness (QED) is 0.288. The largest absolute Gasteiger partial charge is 0.457 e. The number of ether oxygens (including phenoxy) is 1. The van der Waals surface area contributed by atoms with E-state index in [2.05, 4.69) is 10.1 Å². The van der Waals surface area contributed by atoms with E-state index in [9.17, 15) is 4.79 Å². The Hall–Kier alpha value is -3.18. The maximum Gasteiger partial charge on any atom is 0.368 e. The van der Waals surface area contributed by atoms with Gasteiger partial charge in [-0.15, -0.1) is 0 Å². The van der Waals surface area contributed by atoms with Gasteiger partial charge in [0.25, 0.3) is 0 Å². The van der Waals surface area contributed by atoms with Crippen molar-refractivity contribution < 1.29 is 14.4 Å². The summed E-state index contributed by atoms with van der Waals surface area (Å²) in [6.07, 6.45) is 2.90. The van der Waals surface area contributed by atoms with Crippen molar-refractivity contribution in [2.75, 3.05) is 0 Å². The fourth-order valence-corrected chi connectivity index (χ4v) is 2.20. The highest BCUT2D eigenvalue weighted by atomic mass is 35.5. The fourth-order valence-electron chi connectivity index (χ4n) is 2.01. The van der Waals surface area contributed by atoms with Gasteiger partial charge in [0, 0.05) is 6.20 Å². The molecule has 0 unspecified atom stereocenters. The molecule has 0 saturated carbocycles. The molecule has 0 saturated heterocycles. The minimum atomic E-state index is -0.675. The van der Waals surface area contributed by atoms with Gasteiger partial charge in [0.2, 0.25) is 0 Å². The third kappa shape index (κ3) is 4.65. The number of hydrogen-bond acceptors (Lipinski definition) is 5. The Kier molecular flexibility index (Phi) is 5.39. The number of pyridine rings is 1. The Morgan fingerprint density at radius 1 is 1.00 bits per heavy atom. The van der Waals surface area contributed by atoms with E-state index in [4.69, 9.17) is 21.2 Å². The molecule has 3 aromatic rings. The summed E-state index contributed by atoms with van der Waals surface area (Å²) in [4.78, 5) is 20.5. The molecule has 0 N–H and O–H groups in total. The predicted molar refractivity (Wildman–Crippen MR) is 95.2 cm³/mol. The lowest BCUT2D eigenvalue weighted by Crippen LogP contribution is -2.02. The zero-order valence-corrected chi connectivity index (χ0v) is 13.8. The van der Waals surface area contributed by atoms with Crippen LogP contribution in [0.2, 0.25) is 5.15 Å². The van der Waals surface area contributed by atoms with Crippen LogP contribution in [0.3, 0.4) is 0 Å². The van der Waals surface area contributed by atoms with Crippen molar-refractivity contribution in [3.63, 3.8) is 0 Å². The highest BCUT2D eigenvalue weighted by Gasteiger charge is 2.11. The maximum absolute atomic E-state index is 11.9. The molecule has 3 rings (SSSR count). The standard InChI is InChI=1S/C19H13ClN2O3/c20-18-17(10-5-11-21-18)19(23)25-22-13-14-6-4-9-16(12-14)24-15-7-2-1-3-8-15/h1-13H/b22-13-. The first-order valence-corrected chi connectivity index (χ1v) is 7.78. The molecule has 0 radical (unpaired) electrons. The molecule has 0 fully saturated rings. The molecular weight excluding hydrogens is 340 g/mol. The Labute approximate surface area is 149 Å². The Bertz CT molecular complexity index is 898. The number of benzene rings is 2. The van der Waals surface area contributed by atoms with Crippen LogP contribution in [0.15, 0.2) is 78.1 Å². The third-order valence-corrected chi connectivity index (χ3v) is 3.45. The maximum atomic E-state index is 11.9. The van der Waals surface area contributed by atoms with Gasteiger partial charge in [0.05, 0.1) is 11.8 Å². The first-order valence-electron chi connectivity index (χ1n) is 7.40. The van der Waals surface area contributed by atoms with Crippen molar-refractivity contribution in [3.05, 3.63) is 89.2 Å². The summed E-state index contributed by atoms with van der Waals surface area (Å²) in [6.45, 7) is 0. The number of para-hydroxylation sites is 1. The van der Waals surface area contributed by atoms with Crippen LogP contribution in [0.4, 0.5) is 0 Å². The van der Waals surface area contributed by atoms with Gasteiger partial charge >= 0.3 is 5.97 Å². The predicted octanol–water partition coefficient (Wildman–Crippen LogP) is 4.72. The summed E-state index contributed by atoms with van der Waals surface area (Å²) in [5.74, 6) is 0.706. The second-order valence-corrected chi connectivity index (χ2v) is 5.30. The smallest absolute Gasteiger partial charge is 0.368 e. The second-order valence-electron chi connectivity index (χ2n) is 4.94. The average Bonchev–Trinajstić information content (AvgIpc) is 2.63. The number of carbonyl (C=O) groups is 1. The molecule has 0 bridgehead atoms. The molecular formula is C19H13ClN2O3. The zero-order chi connectivity index (χ0) is 17.5. The van der Waals surface area contributed by atoms with Crippen LogP contribution in [0.1, 0.15) is 15.9 Å². The summed E-state index contributed by atoms with van der Waals surface area (Å²) in [5.41, 5.74) is 0.876. The van der Waals surface area contributed by atoms with Crippen LogP contribution in [-0.4, -0.2) is 17.2 Å². The lowest BCUT2D eigenvalue weighted by atomic mass is 10.2. The molecule has 0 atom stereocenters. The van der Waals surface area contributed by atoms with Crippen molar-refractivity contribution >= 4 is 23.8 Å². The van der Waals surface area contributed by atoms with E-state index in [0.29, 0.717) is 5.75 Å². The van der Waals surface area contributed by atoms with Crippen LogP contribution < -0.4 is 4.74 Å². The molecule has 6 heteroatoms. The van der Waals surface area contributed by atoms with E-state index in [1.54, 1.807) is 12.1 Å². The summed E-state index contributed by atoms with van der Waals surface area (Å²) < 4.78 is 5.74. The number of oxime groups is 1. The zero-order valence-electron chi connectivity index (χ0n) is 13.0. The van der Waals surface area contributed by atoms with Crippen LogP contribution >= 0.6 is 11.6 Å². The van der Waals surface area contributed by atoms with Crippen molar-refractivity contribution in [2.45, 2.75) is 0 Å². The molecule has 2 aromatic carbocycles. The first-order chi connectivity index (χ1) is 12.2. The Balaban J connectivity index is 1.65. The fraction of sp³-hybridized carbons (Fsp3) is 0. The summed E-state index contributed by atoms with van der Waals surface area (Å²) in [7, 11) is 0. The normalized spacial score (nSPS) is 10.6. The summed E-state index contributed by atoms with van der Waals surface area (Å²) in [5, 5.41) is 3.76. The SMILES string of the molecule is O=C(O/N=C\c1cccc(Oc2ccccc2)c1)c1cccnc1Cl. The van der Waals surface area contributed by atoms with E-state index < -0.39 is 5.97 Å². The van der Waals surface area contributed by atoms with E-state index in [-0.39, 0.29) is 10.7 Å². The van der Waals surface area contributed by atoms with E-state index in [0.717, 1.165) is 11.3 Å². The Morgan fingerprint density at radius 2 is 1.80 bits per heavy atom. The number of rotatable bonds is 5. The average molecular weight is 353 g/mol. The number of carbonyl (C=O) groups excluding carboxylic acids is 1. The lowest BCUT2D eigenvalue weighted by molar-refractivity contribution is 0.0519. The van der Waals surface area contributed by atoms with Gasteiger partial charge in [0.1, 0.15) is 16.7 Å². The minimum Gasteiger partial charge on any atom is -0.457 e. The van der Waals surface area contributed by atoms with E-state index >= 15 is 0 Å². The lowest BCUT2D eigenvalue weighted by Gasteiger charge is -2.05. The van der Waals surface area contributed by atoms with Crippen LogP contribution in [0.5, 0.6) is 11.5 Å². The number of halogens is 1. The van der Waals surface area contributed by atoms with Crippen molar-refractivity contribution in [2.24, 2.45) is 5.16 Å². The summed E-state index contributed by atoms with van der Waals surface area (Å²) >= 11 is 5.83. The van der Waals surface area contributed by atoms with Gasteiger partial charge in [-0.3, -0.25) is 0 Å². The van der Waals surface area contributed by atoms with Crippen molar-refractivity contribution in [1.82, 2.24) is 4.98 Å².